The van der Waals surface area contributed by atoms with Crippen LogP contribution in [0.25, 0.3) is 10.4 Å². The van der Waals surface area contributed by atoms with Gasteiger partial charge in [0.1, 0.15) is 16.6 Å². The molecule has 0 aliphatic rings. The highest BCUT2D eigenvalue weighted by atomic mass is 32.1. The Bertz CT molecular complexity index is 1110. The van der Waals surface area contributed by atoms with Gasteiger partial charge in [0.05, 0.1) is 30.7 Å². The Hall–Kier alpha value is -3.37. The van der Waals surface area contributed by atoms with Crippen LogP contribution in [0.1, 0.15) is 40.3 Å². The number of carbonyl (C=O) groups excluding carboxylic acids is 2. The summed E-state index contributed by atoms with van der Waals surface area (Å²) in [6.07, 6.45) is 2.52. The summed E-state index contributed by atoms with van der Waals surface area (Å²) in [6, 6.07) is 5.89. The van der Waals surface area contributed by atoms with Crippen LogP contribution in [0.15, 0.2) is 36.7 Å². The lowest BCUT2D eigenvalue weighted by molar-refractivity contribution is 0.0593. The largest absolute Gasteiger partial charge is 0.464 e. The Kier molecular flexibility index (Phi) is 5.81. The van der Waals surface area contributed by atoms with Gasteiger partial charge < -0.3 is 20.9 Å². The zero-order chi connectivity index (χ0) is 22.1. The third-order valence-corrected chi connectivity index (χ3v) is 5.31. The normalized spacial score (nSPS) is 11.2. The Labute approximate surface area is 175 Å². The van der Waals surface area contributed by atoms with Gasteiger partial charge in [-0.2, -0.15) is 0 Å². The molecule has 0 fully saturated rings. The molecular weight excluding hydrogens is 411 g/mol. The van der Waals surface area contributed by atoms with Crippen molar-refractivity contribution >= 4 is 34.0 Å². The third kappa shape index (κ3) is 4.44. The number of nitrogens with zero attached hydrogens (tertiary/aromatic N) is 2. The van der Waals surface area contributed by atoms with Crippen LogP contribution in [0.4, 0.5) is 15.2 Å². The van der Waals surface area contributed by atoms with E-state index in [2.05, 4.69) is 20.0 Å². The van der Waals surface area contributed by atoms with Gasteiger partial charge in [0.2, 0.25) is 0 Å². The number of carbonyl (C=O) groups is 2. The fourth-order valence-electron chi connectivity index (χ4n) is 2.61. The van der Waals surface area contributed by atoms with E-state index >= 15 is 0 Å². The zero-order valence-corrected chi connectivity index (χ0v) is 17.2. The lowest BCUT2D eigenvalue weighted by atomic mass is 9.96. The second-order valence-corrected chi connectivity index (χ2v) is 7.93. The molecule has 30 heavy (non-hydrogen) atoms. The number of esters is 1. The van der Waals surface area contributed by atoms with E-state index in [1.807, 2.05) is 0 Å². The maximum absolute atomic E-state index is 14.7. The number of hydrogen-bond donors (Lipinski definition) is 3. The average molecular weight is 430 g/mol. The third-order valence-electron chi connectivity index (χ3n) is 4.23. The highest BCUT2D eigenvalue weighted by Crippen LogP contribution is 2.38. The number of halogens is 1. The fourth-order valence-corrected chi connectivity index (χ4v) is 3.71. The van der Waals surface area contributed by atoms with Gasteiger partial charge >= 0.3 is 5.97 Å². The molecule has 0 bridgehead atoms. The smallest absolute Gasteiger partial charge is 0.358 e. The second-order valence-electron chi connectivity index (χ2n) is 6.87. The number of hydrogen-bond acceptors (Lipinski definition) is 8. The molecule has 1 aromatic carbocycles. The number of aromatic nitrogens is 2. The minimum absolute atomic E-state index is 0.0269. The number of ether oxygens (including phenoxy) is 1. The number of amides is 1. The van der Waals surface area contributed by atoms with Crippen LogP contribution in [0, 0.1) is 5.82 Å². The number of nitrogens with one attached hydrogen (secondary N) is 1. The van der Waals surface area contributed by atoms with Crippen molar-refractivity contribution in [2.45, 2.75) is 19.4 Å². The number of aliphatic hydroxyl groups is 1. The van der Waals surface area contributed by atoms with Crippen LogP contribution in [0.5, 0.6) is 0 Å². The van der Waals surface area contributed by atoms with Crippen LogP contribution >= 0.6 is 11.3 Å². The SMILES string of the molecule is COC(=O)c1cnc(Nc2sc(-c3ccc(C(C)(C)O)cc3F)cc2C(N)=O)cn1. The van der Waals surface area contributed by atoms with Crippen molar-refractivity contribution in [2.75, 3.05) is 12.4 Å². The monoisotopic (exact) mass is 430 g/mol. The molecule has 2 heterocycles. The van der Waals surface area contributed by atoms with Crippen LogP contribution in [0.2, 0.25) is 0 Å². The first-order valence-corrected chi connectivity index (χ1v) is 9.55. The lowest BCUT2D eigenvalue weighted by Gasteiger charge is -2.18. The van der Waals surface area contributed by atoms with Gasteiger partial charge in [-0.1, -0.05) is 12.1 Å². The predicted octanol–water partition coefficient (Wildman–Crippen LogP) is 3.20. The van der Waals surface area contributed by atoms with Crippen molar-refractivity contribution in [3.05, 3.63) is 59.3 Å². The summed E-state index contributed by atoms with van der Waals surface area (Å²) >= 11 is 1.10. The molecule has 0 radical (unpaired) electrons. The van der Waals surface area contributed by atoms with E-state index in [9.17, 15) is 19.1 Å². The molecule has 0 aliphatic heterocycles. The Morgan fingerprint density at radius 2 is 1.97 bits per heavy atom. The van der Waals surface area contributed by atoms with Crippen LogP contribution < -0.4 is 11.1 Å². The number of methoxy groups -OCH3 is 1. The van der Waals surface area contributed by atoms with Crippen molar-refractivity contribution in [3.63, 3.8) is 0 Å². The van der Waals surface area contributed by atoms with Gasteiger partial charge in [0.15, 0.2) is 5.69 Å². The van der Waals surface area contributed by atoms with Crippen molar-refractivity contribution in [1.82, 2.24) is 9.97 Å². The molecule has 10 heteroatoms. The minimum atomic E-state index is -1.19. The van der Waals surface area contributed by atoms with Crippen LogP contribution in [0.3, 0.4) is 0 Å². The molecule has 8 nitrogen and oxygen atoms in total. The van der Waals surface area contributed by atoms with Gasteiger partial charge in [-0.3, -0.25) is 4.79 Å². The summed E-state index contributed by atoms with van der Waals surface area (Å²) in [5.74, 6) is -1.61. The first kappa shape index (κ1) is 21.3. The Balaban J connectivity index is 1.94. The van der Waals surface area contributed by atoms with E-state index in [1.165, 1.54) is 37.7 Å². The molecule has 4 N–H and O–H groups in total. The summed E-state index contributed by atoms with van der Waals surface area (Å²) in [5, 5.41) is 13.3. The van der Waals surface area contributed by atoms with Crippen molar-refractivity contribution in [3.8, 4) is 10.4 Å². The van der Waals surface area contributed by atoms with Gasteiger partial charge in [-0.25, -0.2) is 19.2 Å². The predicted molar refractivity (Wildman–Crippen MR) is 110 cm³/mol. The van der Waals surface area contributed by atoms with E-state index in [0.29, 0.717) is 15.4 Å². The molecule has 3 rings (SSSR count). The molecule has 3 aromatic rings. The maximum Gasteiger partial charge on any atom is 0.358 e. The highest BCUT2D eigenvalue weighted by molar-refractivity contribution is 7.19. The zero-order valence-electron chi connectivity index (χ0n) is 16.4. The first-order chi connectivity index (χ1) is 14.1. The Morgan fingerprint density at radius 1 is 1.23 bits per heavy atom. The van der Waals surface area contributed by atoms with E-state index in [1.54, 1.807) is 19.9 Å². The second kappa shape index (κ2) is 8.17. The summed E-state index contributed by atoms with van der Waals surface area (Å²) in [6.45, 7) is 3.12. The van der Waals surface area contributed by atoms with Gasteiger partial charge in [-0.05, 0) is 31.5 Å². The minimum Gasteiger partial charge on any atom is -0.464 e. The molecule has 0 atom stereocenters. The molecular formula is C20H19FN4O4S. The summed E-state index contributed by atoms with van der Waals surface area (Å²) < 4.78 is 19.2. The molecule has 1 amide bonds. The summed E-state index contributed by atoms with van der Waals surface area (Å²) in [4.78, 5) is 31.8. The van der Waals surface area contributed by atoms with E-state index in [0.717, 1.165) is 11.3 Å². The van der Waals surface area contributed by atoms with Crippen molar-refractivity contribution in [1.29, 1.82) is 0 Å². The van der Waals surface area contributed by atoms with Crippen molar-refractivity contribution in [2.24, 2.45) is 5.73 Å². The number of nitrogens with two attached hydrogens (primary N) is 1. The van der Waals surface area contributed by atoms with Gasteiger partial charge in [0, 0.05) is 10.4 Å². The van der Waals surface area contributed by atoms with E-state index in [-0.39, 0.29) is 22.6 Å². The number of rotatable bonds is 6. The molecule has 0 aliphatic carbocycles. The molecule has 0 spiro atoms. The molecule has 0 saturated heterocycles. The van der Waals surface area contributed by atoms with E-state index < -0.39 is 23.3 Å². The standard InChI is InChI=1S/C20H19FN4O4S/c1-20(2,28)10-4-5-11(13(21)6-10)15-7-12(17(22)26)18(30-15)25-16-9-23-14(8-24-16)19(27)29-3/h4-9,28H,1-3H3,(H2,22,26)(H,24,25). The number of primary amides is 1. The summed E-state index contributed by atoms with van der Waals surface area (Å²) in [5.41, 5.74) is 5.14. The first-order valence-electron chi connectivity index (χ1n) is 8.74. The molecule has 0 saturated carbocycles. The molecule has 0 unspecified atom stereocenters. The maximum atomic E-state index is 14.7. The quantitative estimate of drug-likeness (QED) is 0.512. The van der Waals surface area contributed by atoms with Gasteiger partial charge in [0.25, 0.3) is 5.91 Å². The molecule has 2 aromatic heterocycles. The number of anilines is 2. The number of benzene rings is 1. The van der Waals surface area contributed by atoms with Crippen LogP contribution in [-0.4, -0.2) is 34.1 Å². The molecule has 156 valence electrons. The van der Waals surface area contributed by atoms with E-state index in [4.69, 9.17) is 5.73 Å². The highest BCUT2D eigenvalue weighted by Gasteiger charge is 2.21. The van der Waals surface area contributed by atoms with Crippen molar-refractivity contribution < 1.29 is 23.8 Å². The average Bonchev–Trinajstić information content (AvgIpc) is 3.11. The van der Waals surface area contributed by atoms with Gasteiger partial charge in [-0.15, -0.1) is 11.3 Å². The number of thiophene rings is 1. The fraction of sp³-hybridized carbons (Fsp3) is 0.200. The lowest BCUT2D eigenvalue weighted by Crippen LogP contribution is -2.15. The Morgan fingerprint density at radius 3 is 2.50 bits per heavy atom. The van der Waals surface area contributed by atoms with Crippen LogP contribution in [-0.2, 0) is 10.3 Å². The topological polar surface area (TPSA) is 127 Å². The summed E-state index contributed by atoms with van der Waals surface area (Å²) in [7, 11) is 1.23.